The highest BCUT2D eigenvalue weighted by Crippen LogP contribution is 2.14. The second-order valence-electron chi connectivity index (χ2n) is 3.77. The molecule has 0 amide bonds. The number of hydrogen-bond acceptors (Lipinski definition) is 3. The van der Waals surface area contributed by atoms with Gasteiger partial charge in [0.2, 0.25) is 5.88 Å². The van der Waals surface area contributed by atoms with Gasteiger partial charge in [0, 0.05) is 17.1 Å². The van der Waals surface area contributed by atoms with Crippen LogP contribution in [0.5, 0.6) is 5.88 Å². The van der Waals surface area contributed by atoms with Crippen LogP contribution in [0.3, 0.4) is 0 Å². The van der Waals surface area contributed by atoms with E-state index >= 15 is 0 Å². The Morgan fingerprint density at radius 2 is 1.94 bits per heavy atom. The monoisotopic (exact) mass is 306 g/mol. The van der Waals surface area contributed by atoms with Crippen LogP contribution in [0.2, 0.25) is 0 Å². The molecular weight excluding hydrogens is 292 g/mol. The summed E-state index contributed by atoms with van der Waals surface area (Å²) < 4.78 is 6.44. The lowest BCUT2D eigenvalue weighted by Gasteiger charge is -2.07. The highest BCUT2D eigenvalue weighted by atomic mass is 79.9. The van der Waals surface area contributed by atoms with Gasteiger partial charge in [-0.2, -0.15) is 4.98 Å². The lowest BCUT2D eigenvalue weighted by molar-refractivity contribution is 0.327. The van der Waals surface area contributed by atoms with Crippen molar-refractivity contribution in [3.63, 3.8) is 0 Å². The minimum atomic E-state index is 0.628. The zero-order valence-corrected chi connectivity index (χ0v) is 11.8. The van der Waals surface area contributed by atoms with Crippen LogP contribution < -0.4 is 10.1 Å². The topological polar surface area (TPSA) is 34.1 Å². The van der Waals surface area contributed by atoms with Crippen molar-refractivity contribution < 1.29 is 4.74 Å². The van der Waals surface area contributed by atoms with Crippen molar-refractivity contribution >= 4 is 21.7 Å². The van der Waals surface area contributed by atoms with E-state index in [0.29, 0.717) is 12.5 Å². The Balaban J connectivity index is 1.97. The molecule has 1 heterocycles. The quantitative estimate of drug-likeness (QED) is 0.911. The van der Waals surface area contributed by atoms with Crippen molar-refractivity contribution in [1.82, 2.24) is 4.98 Å². The molecule has 0 saturated carbocycles. The van der Waals surface area contributed by atoms with Crippen molar-refractivity contribution in [3.8, 4) is 5.88 Å². The average molecular weight is 307 g/mol. The van der Waals surface area contributed by atoms with E-state index in [2.05, 4.69) is 38.4 Å². The molecule has 0 radical (unpaired) electrons. The number of benzene rings is 1. The Kier molecular flexibility index (Phi) is 4.59. The third kappa shape index (κ3) is 3.74. The van der Waals surface area contributed by atoms with Crippen LogP contribution in [0.1, 0.15) is 12.5 Å². The van der Waals surface area contributed by atoms with E-state index in [4.69, 9.17) is 4.74 Å². The molecule has 0 saturated heterocycles. The van der Waals surface area contributed by atoms with Gasteiger partial charge in [-0.25, -0.2) is 0 Å². The summed E-state index contributed by atoms with van der Waals surface area (Å²) in [6.07, 6.45) is 0. The molecule has 94 valence electrons. The second kappa shape index (κ2) is 6.40. The Morgan fingerprint density at radius 3 is 2.67 bits per heavy atom. The number of aromatic nitrogens is 1. The van der Waals surface area contributed by atoms with E-state index in [1.165, 1.54) is 5.56 Å². The van der Waals surface area contributed by atoms with Crippen molar-refractivity contribution in [1.29, 1.82) is 0 Å². The van der Waals surface area contributed by atoms with Crippen molar-refractivity contribution in [2.45, 2.75) is 13.5 Å². The lowest BCUT2D eigenvalue weighted by Crippen LogP contribution is -2.02. The summed E-state index contributed by atoms with van der Waals surface area (Å²) >= 11 is 3.42. The molecule has 0 spiro atoms. The highest BCUT2D eigenvalue weighted by molar-refractivity contribution is 9.10. The summed E-state index contributed by atoms with van der Waals surface area (Å²) in [4.78, 5) is 4.35. The maximum Gasteiger partial charge on any atom is 0.215 e. The molecule has 3 nitrogen and oxygen atoms in total. The van der Waals surface area contributed by atoms with E-state index in [1.807, 2.05) is 37.3 Å². The molecule has 0 fully saturated rings. The number of anilines is 1. The Hall–Kier alpha value is -1.55. The summed E-state index contributed by atoms with van der Waals surface area (Å²) in [5.74, 6) is 1.47. The maximum atomic E-state index is 5.36. The van der Waals surface area contributed by atoms with Crippen molar-refractivity contribution in [2.24, 2.45) is 0 Å². The molecule has 0 aliphatic heterocycles. The molecule has 0 aliphatic rings. The molecule has 18 heavy (non-hydrogen) atoms. The van der Waals surface area contributed by atoms with Crippen molar-refractivity contribution in [2.75, 3.05) is 11.9 Å². The Labute approximate surface area is 115 Å². The first-order valence-corrected chi connectivity index (χ1v) is 6.65. The third-order valence-corrected chi connectivity index (χ3v) is 2.93. The first-order valence-electron chi connectivity index (χ1n) is 5.86. The summed E-state index contributed by atoms with van der Waals surface area (Å²) in [5.41, 5.74) is 1.21. The number of nitrogens with one attached hydrogen (secondary N) is 1. The highest BCUT2D eigenvalue weighted by Gasteiger charge is 1.98. The largest absolute Gasteiger partial charge is 0.478 e. The van der Waals surface area contributed by atoms with Gasteiger partial charge in [0.1, 0.15) is 5.82 Å². The van der Waals surface area contributed by atoms with E-state index in [0.717, 1.165) is 16.8 Å². The summed E-state index contributed by atoms with van der Waals surface area (Å²) in [5, 5.41) is 3.27. The van der Waals surface area contributed by atoms with Gasteiger partial charge in [-0.05, 0) is 30.7 Å². The normalized spacial score (nSPS) is 10.1. The van der Waals surface area contributed by atoms with Gasteiger partial charge in [0.25, 0.3) is 0 Å². The number of pyridine rings is 1. The zero-order chi connectivity index (χ0) is 12.8. The maximum absolute atomic E-state index is 5.36. The number of halogens is 1. The fourth-order valence-corrected chi connectivity index (χ4v) is 1.80. The van der Waals surface area contributed by atoms with Gasteiger partial charge < -0.3 is 10.1 Å². The van der Waals surface area contributed by atoms with E-state index in [1.54, 1.807) is 0 Å². The summed E-state index contributed by atoms with van der Waals surface area (Å²) in [7, 11) is 0. The predicted molar refractivity (Wildman–Crippen MR) is 76.9 cm³/mol. The smallest absolute Gasteiger partial charge is 0.215 e. The first kappa shape index (κ1) is 12.9. The van der Waals surface area contributed by atoms with Gasteiger partial charge in [0.15, 0.2) is 0 Å². The van der Waals surface area contributed by atoms with Gasteiger partial charge in [-0.15, -0.1) is 0 Å². The van der Waals surface area contributed by atoms with Gasteiger partial charge in [0.05, 0.1) is 6.61 Å². The van der Waals surface area contributed by atoms with Crippen LogP contribution in [0, 0.1) is 0 Å². The molecule has 0 aliphatic carbocycles. The molecular formula is C14H15BrN2O. The molecule has 0 atom stereocenters. The van der Waals surface area contributed by atoms with Crippen LogP contribution in [-0.2, 0) is 6.54 Å². The van der Waals surface area contributed by atoms with Crippen LogP contribution >= 0.6 is 15.9 Å². The van der Waals surface area contributed by atoms with Gasteiger partial charge in [-0.1, -0.05) is 34.1 Å². The predicted octanol–water partition coefficient (Wildman–Crippen LogP) is 3.85. The van der Waals surface area contributed by atoms with Crippen LogP contribution in [0.4, 0.5) is 5.82 Å². The minimum absolute atomic E-state index is 0.628. The molecule has 0 bridgehead atoms. The molecule has 1 aromatic carbocycles. The fraction of sp³-hybridized carbons (Fsp3) is 0.214. The Morgan fingerprint density at radius 1 is 1.17 bits per heavy atom. The molecule has 1 aromatic heterocycles. The SMILES string of the molecule is CCOc1cccc(NCc2ccc(Br)cc2)n1. The average Bonchev–Trinajstić information content (AvgIpc) is 2.39. The number of nitrogens with zero attached hydrogens (tertiary/aromatic N) is 1. The molecule has 2 aromatic rings. The summed E-state index contributed by atoms with van der Waals surface area (Å²) in [6.45, 7) is 3.32. The van der Waals surface area contributed by atoms with Crippen LogP contribution in [0.15, 0.2) is 46.9 Å². The molecule has 2 rings (SSSR count). The first-order chi connectivity index (χ1) is 8.78. The van der Waals surface area contributed by atoms with Crippen LogP contribution in [-0.4, -0.2) is 11.6 Å². The molecule has 1 N–H and O–H groups in total. The molecule has 0 unspecified atom stereocenters. The van der Waals surface area contributed by atoms with E-state index in [9.17, 15) is 0 Å². The number of rotatable bonds is 5. The van der Waals surface area contributed by atoms with E-state index < -0.39 is 0 Å². The number of ether oxygens (including phenoxy) is 1. The zero-order valence-electron chi connectivity index (χ0n) is 10.2. The van der Waals surface area contributed by atoms with Crippen LogP contribution in [0.25, 0.3) is 0 Å². The van der Waals surface area contributed by atoms with E-state index in [-0.39, 0.29) is 0 Å². The fourth-order valence-electron chi connectivity index (χ4n) is 1.54. The standard InChI is InChI=1S/C14H15BrN2O/c1-2-18-14-5-3-4-13(17-14)16-10-11-6-8-12(15)9-7-11/h3-9H,2,10H2,1H3,(H,16,17). The lowest BCUT2D eigenvalue weighted by atomic mass is 10.2. The van der Waals surface area contributed by atoms with Gasteiger partial charge in [-0.3, -0.25) is 0 Å². The Bertz CT molecular complexity index is 499. The third-order valence-electron chi connectivity index (χ3n) is 2.40. The van der Waals surface area contributed by atoms with Gasteiger partial charge >= 0.3 is 0 Å². The summed E-state index contributed by atoms with van der Waals surface area (Å²) in [6, 6.07) is 13.9. The molecule has 4 heteroatoms. The second-order valence-corrected chi connectivity index (χ2v) is 4.69. The number of hydrogen-bond donors (Lipinski definition) is 1. The minimum Gasteiger partial charge on any atom is -0.478 e. The van der Waals surface area contributed by atoms with Crippen molar-refractivity contribution in [3.05, 3.63) is 52.5 Å².